The number of benzene rings is 1. The van der Waals surface area contributed by atoms with Gasteiger partial charge in [-0.25, -0.2) is 0 Å². The Morgan fingerprint density at radius 3 is 2.56 bits per heavy atom. The summed E-state index contributed by atoms with van der Waals surface area (Å²) in [7, 11) is 1.69. The first kappa shape index (κ1) is 13.1. The van der Waals surface area contributed by atoms with Gasteiger partial charge in [0.2, 0.25) is 0 Å². The first-order chi connectivity index (χ1) is 8.76. The van der Waals surface area contributed by atoms with E-state index < -0.39 is 0 Å². The number of nitrogens with one attached hydrogen (secondary N) is 1. The van der Waals surface area contributed by atoms with Gasteiger partial charge in [0, 0.05) is 11.4 Å². The van der Waals surface area contributed by atoms with Crippen LogP contribution in [0.15, 0.2) is 29.6 Å². The monoisotopic (exact) mass is 261 g/mol. The maximum atomic E-state index is 5.19. The molecule has 1 aromatic carbocycles. The molecule has 2 aromatic rings. The second kappa shape index (κ2) is 6.03. The molecule has 0 aliphatic carbocycles. The molecule has 0 unspecified atom stereocenters. The molecule has 0 aliphatic rings. The molecular weight excluding hydrogens is 242 g/mol. The molecule has 1 N–H and O–H groups in total. The molecule has 3 heteroatoms. The van der Waals surface area contributed by atoms with Crippen LogP contribution < -0.4 is 10.1 Å². The minimum Gasteiger partial charge on any atom is -0.497 e. The number of methoxy groups -OCH3 is 1. The average molecular weight is 261 g/mol. The van der Waals surface area contributed by atoms with Crippen molar-refractivity contribution in [3.05, 3.63) is 40.8 Å². The fraction of sp³-hybridized carbons (Fsp3) is 0.333. The van der Waals surface area contributed by atoms with Gasteiger partial charge in [-0.15, -0.1) is 11.3 Å². The molecule has 0 radical (unpaired) electrons. The Balaban J connectivity index is 2.24. The van der Waals surface area contributed by atoms with Crippen LogP contribution in [0.1, 0.15) is 18.1 Å². The predicted octanol–water partition coefficient (Wildman–Crippen LogP) is 3.84. The van der Waals surface area contributed by atoms with Crippen molar-refractivity contribution in [2.45, 2.75) is 20.4 Å². The van der Waals surface area contributed by atoms with E-state index in [9.17, 15) is 0 Å². The largest absolute Gasteiger partial charge is 0.497 e. The van der Waals surface area contributed by atoms with Gasteiger partial charge >= 0.3 is 0 Å². The summed E-state index contributed by atoms with van der Waals surface area (Å²) in [5, 5.41) is 5.62. The van der Waals surface area contributed by atoms with Crippen LogP contribution in [0.3, 0.4) is 0 Å². The van der Waals surface area contributed by atoms with Gasteiger partial charge in [-0.05, 0) is 59.8 Å². The summed E-state index contributed by atoms with van der Waals surface area (Å²) in [5.74, 6) is 0.904. The van der Waals surface area contributed by atoms with Gasteiger partial charge in [0.15, 0.2) is 0 Å². The molecule has 0 fully saturated rings. The van der Waals surface area contributed by atoms with Crippen molar-refractivity contribution >= 4 is 11.3 Å². The summed E-state index contributed by atoms with van der Waals surface area (Å²) in [4.78, 5) is 1.35. The normalized spacial score (nSPS) is 10.6. The third kappa shape index (κ3) is 2.74. The lowest BCUT2D eigenvalue weighted by Crippen LogP contribution is -2.11. The van der Waals surface area contributed by atoms with Crippen molar-refractivity contribution < 1.29 is 4.74 Å². The molecule has 18 heavy (non-hydrogen) atoms. The van der Waals surface area contributed by atoms with Crippen molar-refractivity contribution in [3.63, 3.8) is 0 Å². The Kier molecular flexibility index (Phi) is 4.39. The summed E-state index contributed by atoms with van der Waals surface area (Å²) in [6.07, 6.45) is 0. The zero-order valence-corrected chi connectivity index (χ0v) is 11.9. The second-order valence-electron chi connectivity index (χ2n) is 4.22. The smallest absolute Gasteiger partial charge is 0.118 e. The van der Waals surface area contributed by atoms with Crippen molar-refractivity contribution in [3.8, 4) is 16.2 Å². The van der Waals surface area contributed by atoms with Crippen LogP contribution in [-0.2, 0) is 6.54 Å². The van der Waals surface area contributed by atoms with Gasteiger partial charge in [0.25, 0.3) is 0 Å². The van der Waals surface area contributed by atoms with Crippen molar-refractivity contribution in [2.24, 2.45) is 0 Å². The molecule has 0 atom stereocenters. The fourth-order valence-corrected chi connectivity index (χ4v) is 3.01. The van der Waals surface area contributed by atoms with E-state index in [1.54, 1.807) is 7.11 Å². The summed E-state index contributed by atoms with van der Waals surface area (Å²) in [6, 6.07) is 8.26. The molecule has 0 spiro atoms. The lowest BCUT2D eigenvalue weighted by molar-refractivity contribution is 0.415. The quantitative estimate of drug-likeness (QED) is 0.883. The second-order valence-corrected chi connectivity index (χ2v) is 5.10. The summed E-state index contributed by atoms with van der Waals surface area (Å²) in [5.41, 5.74) is 4.04. The molecule has 2 rings (SSSR count). The lowest BCUT2D eigenvalue weighted by atomic mass is 10.1. The van der Waals surface area contributed by atoms with Crippen molar-refractivity contribution in [2.75, 3.05) is 13.7 Å². The Bertz CT molecular complexity index is 502. The van der Waals surface area contributed by atoms with Crippen LogP contribution >= 0.6 is 11.3 Å². The topological polar surface area (TPSA) is 21.3 Å². The first-order valence-corrected chi connectivity index (χ1v) is 7.06. The highest BCUT2D eigenvalue weighted by molar-refractivity contribution is 7.14. The Labute approximate surface area is 113 Å². The average Bonchev–Trinajstić information content (AvgIpc) is 2.78. The van der Waals surface area contributed by atoms with E-state index in [0.717, 1.165) is 18.8 Å². The van der Waals surface area contributed by atoms with E-state index in [-0.39, 0.29) is 0 Å². The third-order valence-corrected chi connectivity index (χ3v) is 4.24. The van der Waals surface area contributed by atoms with Crippen LogP contribution in [0, 0.1) is 6.92 Å². The predicted molar refractivity (Wildman–Crippen MR) is 78.4 cm³/mol. The van der Waals surface area contributed by atoms with E-state index >= 15 is 0 Å². The number of hydrogen-bond donors (Lipinski definition) is 1. The van der Waals surface area contributed by atoms with Gasteiger partial charge in [0.05, 0.1) is 7.11 Å². The minimum atomic E-state index is 0.904. The van der Waals surface area contributed by atoms with Gasteiger partial charge in [0.1, 0.15) is 5.75 Å². The molecule has 0 aliphatic heterocycles. The third-order valence-electron chi connectivity index (χ3n) is 3.06. The molecule has 0 bridgehead atoms. The van der Waals surface area contributed by atoms with Crippen LogP contribution in [0.4, 0.5) is 0 Å². The Morgan fingerprint density at radius 2 is 1.94 bits per heavy atom. The van der Waals surface area contributed by atoms with Crippen LogP contribution in [0.5, 0.6) is 5.75 Å². The van der Waals surface area contributed by atoms with E-state index in [0.29, 0.717) is 0 Å². The Morgan fingerprint density at radius 1 is 1.22 bits per heavy atom. The van der Waals surface area contributed by atoms with Gasteiger partial charge in [-0.3, -0.25) is 0 Å². The van der Waals surface area contributed by atoms with Crippen molar-refractivity contribution in [1.82, 2.24) is 5.32 Å². The number of ether oxygens (including phenoxy) is 1. The zero-order valence-electron chi connectivity index (χ0n) is 11.1. The van der Waals surface area contributed by atoms with Crippen LogP contribution in [0.2, 0.25) is 0 Å². The Hall–Kier alpha value is -1.32. The zero-order chi connectivity index (χ0) is 13.0. The molecule has 1 heterocycles. The minimum absolute atomic E-state index is 0.904. The lowest BCUT2D eigenvalue weighted by Gasteiger charge is -2.04. The highest BCUT2D eigenvalue weighted by Crippen LogP contribution is 2.33. The van der Waals surface area contributed by atoms with E-state index in [1.807, 2.05) is 23.5 Å². The molecule has 2 nitrogen and oxygen atoms in total. The maximum Gasteiger partial charge on any atom is 0.118 e. The van der Waals surface area contributed by atoms with E-state index in [4.69, 9.17) is 4.74 Å². The summed E-state index contributed by atoms with van der Waals surface area (Å²) >= 11 is 1.81. The standard InChI is InChI=1S/C15H19NOS/c1-4-16-9-13-10-18-15(11(13)2)12-5-7-14(17-3)8-6-12/h5-8,10,16H,4,9H2,1-3H3. The maximum absolute atomic E-state index is 5.19. The van der Waals surface area contributed by atoms with Crippen molar-refractivity contribution in [1.29, 1.82) is 0 Å². The van der Waals surface area contributed by atoms with E-state index in [1.165, 1.54) is 21.6 Å². The van der Waals surface area contributed by atoms with Crippen LogP contribution in [0.25, 0.3) is 10.4 Å². The number of hydrogen-bond acceptors (Lipinski definition) is 3. The number of rotatable bonds is 5. The first-order valence-electron chi connectivity index (χ1n) is 6.18. The molecule has 1 aromatic heterocycles. The van der Waals surface area contributed by atoms with Gasteiger partial charge in [-0.2, -0.15) is 0 Å². The van der Waals surface area contributed by atoms with Crippen LogP contribution in [-0.4, -0.2) is 13.7 Å². The molecular formula is C15H19NOS. The molecule has 0 saturated heterocycles. The SMILES string of the molecule is CCNCc1csc(-c2ccc(OC)cc2)c1C. The fourth-order valence-electron chi connectivity index (χ4n) is 1.91. The molecule has 0 amide bonds. The number of thiophene rings is 1. The summed E-state index contributed by atoms with van der Waals surface area (Å²) in [6.45, 7) is 6.29. The van der Waals surface area contributed by atoms with Gasteiger partial charge < -0.3 is 10.1 Å². The summed E-state index contributed by atoms with van der Waals surface area (Å²) < 4.78 is 5.19. The highest BCUT2D eigenvalue weighted by Gasteiger charge is 2.09. The molecule has 0 saturated carbocycles. The van der Waals surface area contributed by atoms with Gasteiger partial charge in [-0.1, -0.05) is 6.92 Å². The van der Waals surface area contributed by atoms with E-state index in [2.05, 4.69) is 36.7 Å². The molecule has 96 valence electrons. The highest BCUT2D eigenvalue weighted by atomic mass is 32.1.